The average molecular weight is 353 g/mol. The highest BCUT2D eigenvalue weighted by molar-refractivity contribution is 5.83. The first-order valence-corrected chi connectivity index (χ1v) is 7.27. The van der Waals surface area contributed by atoms with Crippen molar-refractivity contribution in [2.24, 2.45) is 0 Å². The molecule has 9 heteroatoms. The Morgan fingerprint density at radius 3 is 2.50 bits per heavy atom. The van der Waals surface area contributed by atoms with Crippen LogP contribution in [0.4, 0.5) is 26.3 Å². The largest absolute Gasteiger partial charge is 0.422 e. The van der Waals surface area contributed by atoms with Crippen molar-refractivity contribution in [3.63, 3.8) is 0 Å². The lowest BCUT2D eigenvalue weighted by Crippen LogP contribution is -2.22. The molecule has 1 N–H and O–H groups in total. The highest BCUT2D eigenvalue weighted by atomic mass is 19.4. The topological polar surface area (TPSA) is 34.2 Å². The van der Waals surface area contributed by atoms with Gasteiger partial charge in [-0.1, -0.05) is 0 Å². The van der Waals surface area contributed by atoms with Crippen molar-refractivity contribution in [1.82, 2.24) is 4.98 Å². The van der Waals surface area contributed by atoms with Gasteiger partial charge in [0.2, 0.25) is 0 Å². The lowest BCUT2D eigenvalue weighted by molar-refractivity contribution is -0.169. The summed E-state index contributed by atoms with van der Waals surface area (Å²) in [5.41, 5.74) is -2.79. The molecular weight excluding hydrogens is 340 g/mol. The average Bonchev–Trinajstić information content (AvgIpc) is 2.95. The van der Waals surface area contributed by atoms with Crippen LogP contribution in [0.3, 0.4) is 0 Å². The molecule has 1 aliphatic heterocycles. The van der Waals surface area contributed by atoms with Gasteiger partial charge in [0, 0.05) is 17.7 Å². The maximum Gasteiger partial charge on any atom is 0.422 e. The van der Waals surface area contributed by atoms with E-state index in [2.05, 4.69) is 4.98 Å². The Balaban J connectivity index is 1.92. The zero-order valence-electron chi connectivity index (χ0n) is 12.3. The molecule has 0 saturated carbocycles. The van der Waals surface area contributed by atoms with Crippen LogP contribution < -0.4 is 0 Å². The standard InChI is InChI=1S/C15H13F6NO2/c16-11-8-5-7(6-24-9-3-1-2-4-23-9)22-14(8)13(18)12(17)10(11)15(19,20)21/h5,9,22H,1-4,6H2. The summed E-state index contributed by atoms with van der Waals surface area (Å²) in [6.45, 7) is 0.377. The van der Waals surface area contributed by atoms with Gasteiger partial charge in [0.1, 0.15) is 11.4 Å². The predicted octanol–water partition coefficient (Wildman–Crippen LogP) is 4.65. The van der Waals surface area contributed by atoms with Crippen LogP contribution in [0.5, 0.6) is 0 Å². The molecule has 1 aliphatic rings. The molecular formula is C15H13F6NO2. The van der Waals surface area contributed by atoms with Crippen LogP contribution in [0, 0.1) is 17.5 Å². The van der Waals surface area contributed by atoms with Gasteiger partial charge in [-0.2, -0.15) is 13.2 Å². The lowest BCUT2D eigenvalue weighted by atomic mass is 10.1. The van der Waals surface area contributed by atoms with E-state index in [0.29, 0.717) is 13.0 Å². The van der Waals surface area contributed by atoms with Gasteiger partial charge in [-0.15, -0.1) is 0 Å². The summed E-state index contributed by atoms with van der Waals surface area (Å²) in [5.74, 6) is -5.90. The molecule has 24 heavy (non-hydrogen) atoms. The van der Waals surface area contributed by atoms with Gasteiger partial charge in [0.15, 0.2) is 17.9 Å². The van der Waals surface area contributed by atoms with E-state index >= 15 is 0 Å². The van der Waals surface area contributed by atoms with Crippen molar-refractivity contribution in [3.8, 4) is 0 Å². The van der Waals surface area contributed by atoms with E-state index in [-0.39, 0.29) is 12.3 Å². The van der Waals surface area contributed by atoms with Crippen LogP contribution in [0.25, 0.3) is 10.9 Å². The van der Waals surface area contributed by atoms with E-state index < -0.39 is 46.4 Å². The molecule has 0 bridgehead atoms. The lowest BCUT2D eigenvalue weighted by Gasteiger charge is -2.22. The summed E-state index contributed by atoms with van der Waals surface area (Å²) in [6, 6.07) is 0.977. The summed E-state index contributed by atoms with van der Waals surface area (Å²) in [7, 11) is 0. The van der Waals surface area contributed by atoms with E-state index in [1.54, 1.807) is 0 Å². The third-order valence-corrected chi connectivity index (χ3v) is 3.81. The molecule has 0 amide bonds. The summed E-state index contributed by atoms with van der Waals surface area (Å²) in [5, 5.41) is -0.676. The van der Waals surface area contributed by atoms with Gasteiger partial charge in [0.25, 0.3) is 0 Å². The van der Waals surface area contributed by atoms with Crippen molar-refractivity contribution < 1.29 is 35.8 Å². The second kappa shape index (κ2) is 6.29. The molecule has 2 heterocycles. The van der Waals surface area contributed by atoms with Gasteiger partial charge < -0.3 is 14.5 Å². The molecule has 0 spiro atoms. The molecule has 1 aromatic carbocycles. The summed E-state index contributed by atoms with van der Waals surface area (Å²) in [4.78, 5) is 2.36. The summed E-state index contributed by atoms with van der Waals surface area (Å²) < 4.78 is 90.3. The Kier molecular flexibility index (Phi) is 4.48. The first kappa shape index (κ1) is 17.1. The number of aromatic amines is 1. The second-order valence-corrected chi connectivity index (χ2v) is 5.51. The van der Waals surface area contributed by atoms with E-state index in [0.717, 1.165) is 18.9 Å². The molecule has 0 radical (unpaired) electrons. The fourth-order valence-electron chi connectivity index (χ4n) is 2.66. The number of benzene rings is 1. The zero-order chi connectivity index (χ0) is 17.5. The number of halogens is 6. The fraction of sp³-hybridized carbons (Fsp3) is 0.467. The predicted molar refractivity (Wildman–Crippen MR) is 71.6 cm³/mol. The van der Waals surface area contributed by atoms with Gasteiger partial charge >= 0.3 is 6.18 Å². The molecule has 1 aromatic heterocycles. The van der Waals surface area contributed by atoms with Gasteiger partial charge in [-0.05, 0) is 25.3 Å². The molecule has 1 fully saturated rings. The SMILES string of the molecule is Fc1c(C(F)(F)F)c(F)c2cc(COC3CCCCO3)[nH]c2c1F. The number of hydrogen-bond donors (Lipinski definition) is 1. The first-order chi connectivity index (χ1) is 11.3. The second-order valence-electron chi connectivity index (χ2n) is 5.51. The third kappa shape index (κ3) is 3.10. The number of hydrogen-bond acceptors (Lipinski definition) is 2. The molecule has 3 nitrogen and oxygen atoms in total. The number of nitrogens with one attached hydrogen (secondary N) is 1. The van der Waals surface area contributed by atoms with Crippen LogP contribution in [-0.2, 0) is 22.3 Å². The van der Waals surface area contributed by atoms with E-state index in [1.165, 1.54) is 0 Å². The van der Waals surface area contributed by atoms with Crippen LogP contribution in [0.1, 0.15) is 30.5 Å². The van der Waals surface area contributed by atoms with E-state index in [4.69, 9.17) is 9.47 Å². The third-order valence-electron chi connectivity index (χ3n) is 3.81. The molecule has 1 unspecified atom stereocenters. The highest BCUT2D eigenvalue weighted by Gasteiger charge is 2.41. The van der Waals surface area contributed by atoms with Crippen LogP contribution in [-0.4, -0.2) is 17.9 Å². The number of ether oxygens (including phenoxy) is 2. The minimum absolute atomic E-state index is 0.121. The quantitative estimate of drug-likeness (QED) is 0.644. The van der Waals surface area contributed by atoms with E-state index in [1.807, 2.05) is 0 Å². The van der Waals surface area contributed by atoms with Crippen molar-refractivity contribution >= 4 is 10.9 Å². The Labute approximate surface area is 132 Å². The molecule has 3 rings (SSSR count). The van der Waals surface area contributed by atoms with Gasteiger partial charge in [-0.25, -0.2) is 13.2 Å². The molecule has 1 atom stereocenters. The number of H-pyrrole nitrogens is 1. The molecule has 2 aromatic rings. The fourth-order valence-corrected chi connectivity index (χ4v) is 2.66. The zero-order valence-corrected chi connectivity index (χ0v) is 12.3. The van der Waals surface area contributed by atoms with Gasteiger partial charge in [0.05, 0.1) is 12.1 Å². The first-order valence-electron chi connectivity index (χ1n) is 7.27. The Morgan fingerprint density at radius 2 is 1.88 bits per heavy atom. The van der Waals surface area contributed by atoms with Crippen molar-refractivity contribution in [2.45, 2.75) is 38.3 Å². The monoisotopic (exact) mass is 353 g/mol. The van der Waals surface area contributed by atoms with Crippen LogP contribution >= 0.6 is 0 Å². The smallest absolute Gasteiger partial charge is 0.354 e. The Bertz CT molecular complexity index is 749. The minimum atomic E-state index is -5.34. The summed E-state index contributed by atoms with van der Waals surface area (Å²) >= 11 is 0. The normalized spacial score (nSPS) is 19.2. The Hall–Kier alpha value is -1.74. The number of fused-ring (bicyclic) bond motifs is 1. The number of rotatable bonds is 3. The van der Waals surface area contributed by atoms with Crippen molar-refractivity contribution in [3.05, 3.63) is 34.8 Å². The minimum Gasteiger partial charge on any atom is -0.354 e. The summed E-state index contributed by atoms with van der Waals surface area (Å²) in [6.07, 6.45) is -3.37. The maximum absolute atomic E-state index is 14.0. The van der Waals surface area contributed by atoms with Crippen molar-refractivity contribution in [1.29, 1.82) is 0 Å². The molecule has 0 aliphatic carbocycles. The van der Waals surface area contributed by atoms with Crippen LogP contribution in [0.2, 0.25) is 0 Å². The number of aromatic nitrogens is 1. The molecule has 132 valence electrons. The van der Waals surface area contributed by atoms with Crippen molar-refractivity contribution in [2.75, 3.05) is 6.61 Å². The molecule has 1 saturated heterocycles. The number of alkyl halides is 3. The van der Waals surface area contributed by atoms with E-state index in [9.17, 15) is 26.3 Å². The Morgan fingerprint density at radius 1 is 1.12 bits per heavy atom. The maximum atomic E-state index is 14.0. The highest BCUT2D eigenvalue weighted by Crippen LogP contribution is 2.38. The van der Waals surface area contributed by atoms with Gasteiger partial charge in [-0.3, -0.25) is 0 Å². The van der Waals surface area contributed by atoms with Crippen LogP contribution in [0.15, 0.2) is 6.07 Å².